The highest BCUT2D eigenvalue weighted by molar-refractivity contribution is 5.91. The first-order chi connectivity index (χ1) is 10.0. The molecule has 1 aliphatic heterocycles. The highest BCUT2D eigenvalue weighted by Gasteiger charge is 2.37. The number of benzene rings is 1. The Labute approximate surface area is 123 Å². The van der Waals surface area contributed by atoms with Gasteiger partial charge in [0.15, 0.2) is 0 Å². The molecule has 1 heterocycles. The van der Waals surface area contributed by atoms with Gasteiger partial charge < -0.3 is 20.1 Å². The van der Waals surface area contributed by atoms with Gasteiger partial charge in [0.1, 0.15) is 5.75 Å². The van der Waals surface area contributed by atoms with Crippen LogP contribution in [-0.2, 0) is 4.79 Å². The van der Waals surface area contributed by atoms with Crippen molar-refractivity contribution < 1.29 is 19.4 Å². The summed E-state index contributed by atoms with van der Waals surface area (Å²) in [4.78, 5) is 24.9. The van der Waals surface area contributed by atoms with E-state index in [9.17, 15) is 9.59 Å². The van der Waals surface area contributed by atoms with Crippen LogP contribution in [0.1, 0.15) is 13.8 Å². The number of carboxylic acid groups (broad SMARTS) is 1. The first kappa shape index (κ1) is 15.2. The van der Waals surface area contributed by atoms with Crippen LogP contribution in [-0.4, -0.2) is 41.7 Å². The van der Waals surface area contributed by atoms with E-state index in [0.717, 1.165) is 0 Å². The number of hydrogen-bond donors (Lipinski definition) is 2. The molecule has 2 rings (SSSR count). The monoisotopic (exact) mass is 292 g/mol. The van der Waals surface area contributed by atoms with Gasteiger partial charge in [-0.05, 0) is 25.0 Å². The lowest BCUT2D eigenvalue weighted by atomic mass is 9.99. The van der Waals surface area contributed by atoms with Crippen LogP contribution in [0.25, 0.3) is 0 Å². The van der Waals surface area contributed by atoms with Gasteiger partial charge in [-0.3, -0.25) is 4.79 Å². The predicted molar refractivity (Wildman–Crippen MR) is 78.5 cm³/mol. The van der Waals surface area contributed by atoms with Gasteiger partial charge >= 0.3 is 12.0 Å². The van der Waals surface area contributed by atoms with E-state index in [2.05, 4.69) is 5.32 Å². The van der Waals surface area contributed by atoms with Crippen molar-refractivity contribution in [1.82, 2.24) is 4.90 Å². The van der Waals surface area contributed by atoms with Crippen LogP contribution in [0.5, 0.6) is 5.75 Å². The zero-order valence-corrected chi connectivity index (χ0v) is 12.2. The maximum absolute atomic E-state index is 12.3. The number of likely N-dealkylation sites (tertiary alicyclic amines) is 1. The molecule has 1 aromatic rings. The number of urea groups is 1. The van der Waals surface area contributed by atoms with E-state index in [1.54, 1.807) is 12.1 Å². The van der Waals surface area contributed by atoms with Crippen LogP contribution in [0, 0.1) is 11.8 Å². The summed E-state index contributed by atoms with van der Waals surface area (Å²) in [6, 6.07) is 6.89. The minimum atomic E-state index is -0.854. The number of aliphatic carboxylic acids is 1. The quantitative estimate of drug-likeness (QED) is 0.892. The minimum absolute atomic E-state index is 0.0459. The first-order valence-electron chi connectivity index (χ1n) is 7.03. The largest absolute Gasteiger partial charge is 0.492 e. The average molecular weight is 292 g/mol. The van der Waals surface area contributed by atoms with Crippen molar-refractivity contribution in [1.29, 1.82) is 0 Å². The first-order valence-corrected chi connectivity index (χ1v) is 7.03. The second-order valence-electron chi connectivity index (χ2n) is 5.19. The molecule has 0 unspecified atom stereocenters. The molecule has 0 spiro atoms. The second-order valence-corrected chi connectivity index (χ2v) is 5.19. The summed E-state index contributed by atoms with van der Waals surface area (Å²) >= 11 is 0. The summed E-state index contributed by atoms with van der Waals surface area (Å²) in [6.45, 7) is 4.91. The minimum Gasteiger partial charge on any atom is -0.492 e. The van der Waals surface area contributed by atoms with E-state index in [4.69, 9.17) is 9.84 Å². The molecule has 1 saturated heterocycles. The topological polar surface area (TPSA) is 78.9 Å². The Hall–Kier alpha value is -2.24. The third kappa shape index (κ3) is 3.45. The lowest BCUT2D eigenvalue weighted by Gasteiger charge is -2.18. The molecule has 1 aliphatic rings. The highest BCUT2D eigenvalue weighted by Crippen LogP contribution is 2.27. The maximum Gasteiger partial charge on any atom is 0.321 e. The van der Waals surface area contributed by atoms with Gasteiger partial charge in [0.2, 0.25) is 0 Å². The SMILES string of the molecule is CCOc1ccccc1NC(=O)N1C[C@@H](C)[C@H](C(=O)O)C1. The second kappa shape index (κ2) is 6.47. The standard InChI is InChI=1S/C15H20N2O4/c1-3-21-13-7-5-4-6-12(13)16-15(20)17-8-10(2)11(9-17)14(18)19/h4-7,10-11H,3,8-9H2,1-2H3,(H,16,20)(H,18,19)/t10-,11-/m1/s1. The van der Waals surface area contributed by atoms with Crippen molar-refractivity contribution in [2.24, 2.45) is 11.8 Å². The van der Waals surface area contributed by atoms with Gasteiger partial charge in [-0.25, -0.2) is 4.79 Å². The number of rotatable bonds is 4. The van der Waals surface area contributed by atoms with E-state index in [1.807, 2.05) is 26.0 Å². The van der Waals surface area contributed by atoms with E-state index in [1.165, 1.54) is 4.90 Å². The van der Waals surface area contributed by atoms with E-state index in [-0.39, 0.29) is 18.5 Å². The predicted octanol–water partition coefficient (Wildman–Crippen LogP) is 2.27. The highest BCUT2D eigenvalue weighted by atomic mass is 16.5. The summed E-state index contributed by atoms with van der Waals surface area (Å²) in [5.74, 6) is -0.795. The fraction of sp³-hybridized carbons (Fsp3) is 0.467. The Kier molecular flexibility index (Phi) is 4.67. The molecule has 1 aromatic carbocycles. The molecule has 0 aromatic heterocycles. The molecule has 2 amide bonds. The Balaban J connectivity index is 2.04. The normalized spacial score (nSPS) is 21.1. The number of nitrogens with zero attached hydrogens (tertiary/aromatic N) is 1. The summed E-state index contributed by atoms with van der Waals surface area (Å²) in [5, 5.41) is 11.9. The van der Waals surface area contributed by atoms with Crippen LogP contribution in [0.4, 0.5) is 10.5 Å². The van der Waals surface area contributed by atoms with Crippen LogP contribution in [0.3, 0.4) is 0 Å². The van der Waals surface area contributed by atoms with Crippen LogP contribution in [0.2, 0.25) is 0 Å². The number of carbonyl (C=O) groups excluding carboxylic acids is 1. The molecule has 6 nitrogen and oxygen atoms in total. The number of carbonyl (C=O) groups is 2. The molecule has 2 atom stereocenters. The van der Waals surface area contributed by atoms with Crippen LogP contribution in [0.15, 0.2) is 24.3 Å². The summed E-state index contributed by atoms with van der Waals surface area (Å²) in [7, 11) is 0. The summed E-state index contributed by atoms with van der Waals surface area (Å²) < 4.78 is 5.45. The number of ether oxygens (including phenoxy) is 1. The Morgan fingerprint density at radius 3 is 2.71 bits per heavy atom. The molecular formula is C15H20N2O4. The zero-order chi connectivity index (χ0) is 15.4. The summed E-state index contributed by atoms with van der Waals surface area (Å²) in [5.41, 5.74) is 0.593. The number of para-hydroxylation sites is 2. The third-order valence-corrected chi connectivity index (χ3v) is 3.65. The number of carboxylic acids is 1. The van der Waals surface area contributed by atoms with Crippen molar-refractivity contribution in [3.63, 3.8) is 0 Å². The molecule has 1 fully saturated rings. The van der Waals surface area contributed by atoms with E-state index >= 15 is 0 Å². The van der Waals surface area contributed by atoms with Crippen molar-refractivity contribution in [3.8, 4) is 5.75 Å². The van der Waals surface area contributed by atoms with Crippen molar-refractivity contribution in [3.05, 3.63) is 24.3 Å². The van der Waals surface area contributed by atoms with Gasteiger partial charge in [-0.2, -0.15) is 0 Å². The molecule has 21 heavy (non-hydrogen) atoms. The Bertz CT molecular complexity index is 532. The van der Waals surface area contributed by atoms with Crippen LogP contribution < -0.4 is 10.1 Å². The fourth-order valence-corrected chi connectivity index (χ4v) is 2.50. The number of nitrogens with one attached hydrogen (secondary N) is 1. The zero-order valence-electron chi connectivity index (χ0n) is 12.2. The lowest BCUT2D eigenvalue weighted by Crippen LogP contribution is -2.34. The van der Waals surface area contributed by atoms with Crippen molar-refractivity contribution >= 4 is 17.7 Å². The van der Waals surface area contributed by atoms with E-state index < -0.39 is 11.9 Å². The fourth-order valence-electron chi connectivity index (χ4n) is 2.50. The van der Waals surface area contributed by atoms with Gasteiger partial charge in [-0.15, -0.1) is 0 Å². The average Bonchev–Trinajstić information content (AvgIpc) is 2.83. The molecule has 6 heteroatoms. The molecule has 114 valence electrons. The molecule has 0 aliphatic carbocycles. The lowest BCUT2D eigenvalue weighted by molar-refractivity contribution is -0.142. The van der Waals surface area contributed by atoms with Crippen molar-refractivity contribution in [2.75, 3.05) is 25.0 Å². The Morgan fingerprint density at radius 1 is 1.38 bits per heavy atom. The smallest absolute Gasteiger partial charge is 0.321 e. The van der Waals surface area contributed by atoms with Crippen molar-refractivity contribution in [2.45, 2.75) is 13.8 Å². The molecule has 2 N–H and O–H groups in total. The van der Waals surface area contributed by atoms with Crippen LogP contribution >= 0.6 is 0 Å². The molecular weight excluding hydrogens is 272 g/mol. The van der Waals surface area contributed by atoms with Gasteiger partial charge in [0.25, 0.3) is 0 Å². The third-order valence-electron chi connectivity index (χ3n) is 3.65. The molecule has 0 radical (unpaired) electrons. The van der Waals surface area contributed by atoms with Gasteiger partial charge in [0.05, 0.1) is 18.2 Å². The van der Waals surface area contributed by atoms with E-state index in [0.29, 0.717) is 24.6 Å². The molecule has 0 saturated carbocycles. The molecule has 0 bridgehead atoms. The number of hydrogen-bond acceptors (Lipinski definition) is 3. The number of anilines is 1. The Morgan fingerprint density at radius 2 is 2.10 bits per heavy atom. The number of amides is 2. The maximum atomic E-state index is 12.3. The van der Waals surface area contributed by atoms with Gasteiger partial charge in [0, 0.05) is 13.1 Å². The summed E-state index contributed by atoms with van der Waals surface area (Å²) in [6.07, 6.45) is 0. The van der Waals surface area contributed by atoms with Gasteiger partial charge in [-0.1, -0.05) is 19.1 Å².